The van der Waals surface area contributed by atoms with Gasteiger partial charge in [0.2, 0.25) is 10.9 Å². The van der Waals surface area contributed by atoms with Crippen molar-refractivity contribution in [2.45, 2.75) is 18.7 Å². The summed E-state index contributed by atoms with van der Waals surface area (Å²) in [5.41, 5.74) is 0.387. The van der Waals surface area contributed by atoms with E-state index < -0.39 is 11.4 Å². The molecule has 0 N–H and O–H groups in total. The highest BCUT2D eigenvalue weighted by atomic mass is 32.2. The summed E-state index contributed by atoms with van der Waals surface area (Å²) < 4.78 is 18.6. The number of hydrogen-bond acceptors (Lipinski definition) is 6. The number of rotatable bonds is 8. The third-order valence-electron chi connectivity index (χ3n) is 3.37. The van der Waals surface area contributed by atoms with Gasteiger partial charge in [0, 0.05) is 38.9 Å². The minimum absolute atomic E-state index is 0.0559. The Balaban J connectivity index is 1.81. The second-order valence-electron chi connectivity index (χ2n) is 5.36. The molecule has 0 fully saturated rings. The van der Waals surface area contributed by atoms with Crippen LogP contribution in [-0.4, -0.2) is 28.1 Å². The minimum atomic E-state index is -0.926. The minimum Gasteiger partial charge on any atom is -0.421 e. The maximum Gasteiger partial charge on any atom is 0.372 e. The lowest BCUT2D eigenvalue weighted by atomic mass is 10.1. The Morgan fingerprint density at radius 2 is 1.96 bits per heavy atom. The Morgan fingerprint density at radius 3 is 2.68 bits per heavy atom. The largest absolute Gasteiger partial charge is 0.421 e. The molecular weight excluding hydrogens is 379 g/mol. The molecule has 2 aromatic rings. The Morgan fingerprint density at radius 1 is 1.24 bits per heavy atom. The fraction of sp³-hybridized carbons (Fsp3) is 0.333. The van der Waals surface area contributed by atoms with E-state index in [9.17, 15) is 14.0 Å². The summed E-state index contributed by atoms with van der Waals surface area (Å²) in [5.74, 6) is 2.74. The smallest absolute Gasteiger partial charge is 0.372 e. The maximum absolute atomic E-state index is 13.7. The number of aryl methyl sites for hydroxylation is 1. The zero-order valence-corrected chi connectivity index (χ0v) is 16.5. The van der Waals surface area contributed by atoms with E-state index in [2.05, 4.69) is 6.58 Å². The van der Waals surface area contributed by atoms with Crippen LogP contribution < -0.4 is 5.63 Å². The first-order chi connectivity index (χ1) is 11.9. The predicted molar refractivity (Wildman–Crippen MR) is 108 cm³/mol. The van der Waals surface area contributed by atoms with Crippen molar-refractivity contribution in [3.05, 3.63) is 52.2 Å². The summed E-state index contributed by atoms with van der Waals surface area (Å²) in [7, 11) is 0. The number of fused-ring (bicyclic) bond motifs is 1. The fourth-order valence-corrected chi connectivity index (χ4v) is 4.88. The van der Waals surface area contributed by atoms with Gasteiger partial charge < -0.3 is 4.42 Å². The van der Waals surface area contributed by atoms with Crippen LogP contribution in [-0.2, 0) is 4.79 Å². The van der Waals surface area contributed by atoms with E-state index in [0.717, 1.165) is 27.9 Å². The zero-order chi connectivity index (χ0) is 18.4. The topological polar surface area (TPSA) is 47.3 Å². The van der Waals surface area contributed by atoms with E-state index in [0.29, 0.717) is 22.1 Å². The highest BCUT2D eigenvalue weighted by molar-refractivity contribution is 8.14. The summed E-state index contributed by atoms with van der Waals surface area (Å²) in [6.07, 6.45) is 0. The first-order valence-electron chi connectivity index (χ1n) is 7.66. The van der Waals surface area contributed by atoms with Gasteiger partial charge >= 0.3 is 5.63 Å². The number of thioether (sulfide) groups is 3. The molecule has 0 saturated heterocycles. The molecule has 0 aliphatic heterocycles. The van der Waals surface area contributed by atoms with E-state index in [4.69, 9.17) is 4.42 Å². The molecule has 7 heteroatoms. The van der Waals surface area contributed by atoms with Gasteiger partial charge in [0.25, 0.3) is 0 Å². The quantitative estimate of drug-likeness (QED) is 0.273. The van der Waals surface area contributed by atoms with Crippen LogP contribution in [0, 0.1) is 12.7 Å². The molecule has 0 radical (unpaired) electrons. The zero-order valence-electron chi connectivity index (χ0n) is 14.1. The lowest BCUT2D eigenvalue weighted by molar-refractivity contribution is -0.107. The van der Waals surface area contributed by atoms with Crippen molar-refractivity contribution in [2.24, 2.45) is 0 Å². The van der Waals surface area contributed by atoms with Crippen molar-refractivity contribution in [1.29, 1.82) is 0 Å². The summed E-state index contributed by atoms with van der Waals surface area (Å²) in [4.78, 5) is 23.7. The summed E-state index contributed by atoms with van der Waals surface area (Å²) in [6, 6.07) is 5.44. The van der Waals surface area contributed by atoms with Gasteiger partial charge in [-0.1, -0.05) is 18.3 Å². The van der Waals surface area contributed by atoms with Crippen LogP contribution in [0.15, 0.2) is 44.5 Å². The third kappa shape index (κ3) is 5.66. The van der Waals surface area contributed by atoms with Crippen molar-refractivity contribution < 1.29 is 13.6 Å². The first-order valence-corrected chi connectivity index (χ1v) is 10.8. The van der Waals surface area contributed by atoms with Crippen LogP contribution in [0.4, 0.5) is 4.39 Å². The molecule has 1 aromatic carbocycles. The molecule has 2 rings (SSSR count). The molecule has 1 heterocycles. The van der Waals surface area contributed by atoms with Crippen molar-refractivity contribution in [1.82, 2.24) is 0 Å². The maximum atomic E-state index is 13.7. The number of carbonyl (C=O) groups is 1. The molecule has 3 nitrogen and oxygen atoms in total. The SMILES string of the molecule is C=C(C)C(=O)SCCSCCSc1ccc2oc(=O)c(F)c(C)c2c1. The summed E-state index contributed by atoms with van der Waals surface area (Å²) >= 11 is 4.77. The van der Waals surface area contributed by atoms with E-state index in [1.165, 1.54) is 11.8 Å². The highest BCUT2D eigenvalue weighted by Gasteiger charge is 2.11. The number of benzene rings is 1. The second kappa shape index (κ2) is 9.50. The molecule has 0 aliphatic rings. The molecule has 0 unspecified atom stereocenters. The lowest BCUT2D eigenvalue weighted by Gasteiger charge is -2.06. The van der Waals surface area contributed by atoms with Gasteiger partial charge in [0.05, 0.1) is 0 Å². The van der Waals surface area contributed by atoms with Gasteiger partial charge in [-0.15, -0.1) is 11.8 Å². The van der Waals surface area contributed by atoms with Gasteiger partial charge in [-0.2, -0.15) is 16.2 Å². The summed E-state index contributed by atoms with van der Waals surface area (Å²) in [5, 5.41) is 0.685. The van der Waals surface area contributed by atoms with E-state index in [-0.39, 0.29) is 5.12 Å². The van der Waals surface area contributed by atoms with E-state index in [1.807, 2.05) is 12.1 Å². The van der Waals surface area contributed by atoms with Crippen molar-refractivity contribution in [3.63, 3.8) is 0 Å². The van der Waals surface area contributed by atoms with Gasteiger partial charge in [-0.25, -0.2) is 4.79 Å². The average molecular weight is 399 g/mol. The molecule has 25 heavy (non-hydrogen) atoms. The van der Waals surface area contributed by atoms with Crippen molar-refractivity contribution >= 4 is 51.4 Å². The predicted octanol–water partition coefficient (Wildman–Crippen LogP) is 4.90. The third-order valence-corrected chi connectivity index (χ3v) is 6.89. The Labute approximate surface area is 158 Å². The molecule has 0 aliphatic carbocycles. The van der Waals surface area contributed by atoms with Crippen LogP contribution >= 0.6 is 35.3 Å². The van der Waals surface area contributed by atoms with Gasteiger partial charge in [0.15, 0.2) is 0 Å². The molecule has 0 saturated carbocycles. The second-order valence-corrected chi connectivity index (χ2v) is 8.82. The molecular formula is C18H19FO3S3. The van der Waals surface area contributed by atoms with Gasteiger partial charge in [-0.05, 0) is 37.6 Å². The summed E-state index contributed by atoms with van der Waals surface area (Å²) in [6.45, 7) is 6.94. The molecule has 1 aromatic heterocycles. The molecule has 0 bridgehead atoms. The van der Waals surface area contributed by atoms with Gasteiger partial charge in [-0.3, -0.25) is 4.79 Å². The van der Waals surface area contributed by atoms with Crippen LogP contribution in [0.25, 0.3) is 11.0 Å². The highest BCUT2D eigenvalue weighted by Crippen LogP contribution is 2.26. The number of hydrogen-bond donors (Lipinski definition) is 0. The molecule has 0 amide bonds. The van der Waals surface area contributed by atoms with Crippen LogP contribution in [0.2, 0.25) is 0 Å². The lowest BCUT2D eigenvalue weighted by Crippen LogP contribution is -2.06. The number of halogens is 1. The van der Waals surface area contributed by atoms with Crippen LogP contribution in [0.3, 0.4) is 0 Å². The first kappa shape index (κ1) is 20.1. The van der Waals surface area contributed by atoms with Crippen molar-refractivity contribution in [2.75, 3.05) is 23.0 Å². The van der Waals surface area contributed by atoms with Crippen molar-refractivity contribution in [3.8, 4) is 0 Å². The fourth-order valence-electron chi connectivity index (χ4n) is 2.03. The van der Waals surface area contributed by atoms with Crippen LogP contribution in [0.5, 0.6) is 0 Å². The average Bonchev–Trinajstić information content (AvgIpc) is 2.59. The molecule has 0 atom stereocenters. The Hall–Kier alpha value is -1.18. The Kier molecular flexibility index (Phi) is 7.65. The van der Waals surface area contributed by atoms with Crippen LogP contribution in [0.1, 0.15) is 12.5 Å². The number of carbonyl (C=O) groups excluding carboxylic acids is 1. The van der Waals surface area contributed by atoms with E-state index >= 15 is 0 Å². The Bertz CT molecular complexity index is 845. The normalized spacial score (nSPS) is 11.0. The molecule has 134 valence electrons. The standard InChI is InChI=1S/C18H19FO3S3/c1-11(2)18(21)25-9-7-23-6-8-24-13-4-5-15-14(10-13)12(3)16(19)17(20)22-15/h4-5,10H,1,6-9H2,2-3H3. The van der Waals surface area contributed by atoms with Gasteiger partial charge in [0.1, 0.15) is 5.58 Å². The molecule has 0 spiro atoms. The van der Waals surface area contributed by atoms with E-state index in [1.54, 1.807) is 43.4 Å². The monoisotopic (exact) mass is 398 g/mol.